The van der Waals surface area contributed by atoms with Gasteiger partial charge in [-0.05, 0) is 30.4 Å². The number of nitrogens with one attached hydrogen (secondary N) is 1. The molecule has 0 spiro atoms. The van der Waals surface area contributed by atoms with E-state index < -0.39 is 0 Å². The molecule has 1 aromatic rings. The van der Waals surface area contributed by atoms with Crippen molar-refractivity contribution in [3.8, 4) is 0 Å². The lowest BCUT2D eigenvalue weighted by Crippen LogP contribution is -2.17. The molecule has 0 radical (unpaired) electrons. The average Bonchev–Trinajstić information content (AvgIpc) is 2.59. The van der Waals surface area contributed by atoms with Crippen molar-refractivity contribution in [1.82, 2.24) is 0 Å². The second-order valence-electron chi connectivity index (χ2n) is 5.18. The molecule has 0 aromatic heterocycles. The molecular weight excluding hydrogens is 182 g/mol. The van der Waals surface area contributed by atoms with E-state index in [2.05, 4.69) is 51.2 Å². The lowest BCUT2D eigenvalue weighted by molar-refractivity contribution is 0.362. The number of hydrogen-bond acceptors (Lipinski definition) is 1. The van der Waals surface area contributed by atoms with Gasteiger partial charge in [0, 0.05) is 18.2 Å². The maximum absolute atomic E-state index is 3.51. The summed E-state index contributed by atoms with van der Waals surface area (Å²) in [5.74, 6) is 2.20. The summed E-state index contributed by atoms with van der Waals surface area (Å²) < 4.78 is 0. The summed E-state index contributed by atoms with van der Waals surface area (Å²) in [5.41, 5.74) is 4.24. The van der Waals surface area contributed by atoms with Crippen LogP contribution >= 0.6 is 0 Å². The Kier molecular flexibility index (Phi) is 2.72. The van der Waals surface area contributed by atoms with Crippen LogP contribution in [0.25, 0.3) is 0 Å². The Morgan fingerprint density at radius 2 is 2.00 bits per heavy atom. The molecule has 82 valence electrons. The standard InChI is InChI=1S/C14H21N/c1-9(2)11(4)13-8-15-14-6-5-10(3)7-12(13)14/h5-7,9,11,13,15H,8H2,1-4H3. The van der Waals surface area contributed by atoms with Crippen LogP contribution < -0.4 is 5.32 Å². The third-order valence-corrected chi connectivity index (χ3v) is 3.81. The molecule has 0 saturated carbocycles. The van der Waals surface area contributed by atoms with E-state index in [1.807, 2.05) is 0 Å². The summed E-state index contributed by atoms with van der Waals surface area (Å²) in [6, 6.07) is 6.75. The Labute approximate surface area is 92.9 Å². The van der Waals surface area contributed by atoms with Gasteiger partial charge in [0.15, 0.2) is 0 Å². The molecule has 1 aliphatic rings. The number of anilines is 1. The summed E-state index contributed by atoms with van der Waals surface area (Å²) in [4.78, 5) is 0. The zero-order valence-corrected chi connectivity index (χ0v) is 10.2. The van der Waals surface area contributed by atoms with Crippen LogP contribution in [0, 0.1) is 18.8 Å². The van der Waals surface area contributed by atoms with Gasteiger partial charge in [0.05, 0.1) is 0 Å². The smallest absolute Gasteiger partial charge is 0.0376 e. The quantitative estimate of drug-likeness (QED) is 0.771. The van der Waals surface area contributed by atoms with Crippen molar-refractivity contribution in [2.75, 3.05) is 11.9 Å². The van der Waals surface area contributed by atoms with E-state index in [1.54, 1.807) is 0 Å². The lowest BCUT2D eigenvalue weighted by Gasteiger charge is -2.23. The highest BCUT2D eigenvalue weighted by Crippen LogP contribution is 2.39. The summed E-state index contributed by atoms with van der Waals surface area (Å²) in [6.45, 7) is 10.3. The highest BCUT2D eigenvalue weighted by atomic mass is 14.9. The molecule has 2 atom stereocenters. The Hall–Kier alpha value is -0.980. The third kappa shape index (κ3) is 1.88. The minimum atomic E-state index is 0.694. The van der Waals surface area contributed by atoms with Crippen LogP contribution in [0.4, 0.5) is 5.69 Å². The molecule has 1 heterocycles. The molecule has 0 amide bonds. The molecule has 0 saturated heterocycles. The van der Waals surface area contributed by atoms with Crippen molar-refractivity contribution in [1.29, 1.82) is 0 Å². The van der Waals surface area contributed by atoms with Gasteiger partial charge >= 0.3 is 0 Å². The second kappa shape index (κ2) is 3.88. The monoisotopic (exact) mass is 203 g/mol. The van der Waals surface area contributed by atoms with Gasteiger partial charge in [-0.1, -0.05) is 38.5 Å². The number of rotatable bonds is 2. The van der Waals surface area contributed by atoms with Gasteiger partial charge in [-0.25, -0.2) is 0 Å². The first-order chi connectivity index (χ1) is 7.09. The molecule has 0 aliphatic carbocycles. The second-order valence-corrected chi connectivity index (χ2v) is 5.18. The molecular formula is C14H21N. The SMILES string of the molecule is Cc1ccc2c(c1)C(C(C)C(C)C)CN2. The van der Waals surface area contributed by atoms with Crippen LogP contribution in [0.5, 0.6) is 0 Å². The normalized spacial score (nSPS) is 21.3. The first-order valence-electron chi connectivity index (χ1n) is 5.94. The topological polar surface area (TPSA) is 12.0 Å². The van der Waals surface area contributed by atoms with Crippen LogP contribution in [-0.2, 0) is 0 Å². The fourth-order valence-corrected chi connectivity index (χ4v) is 2.41. The van der Waals surface area contributed by atoms with Crippen molar-refractivity contribution < 1.29 is 0 Å². The van der Waals surface area contributed by atoms with Crippen molar-refractivity contribution in [2.24, 2.45) is 11.8 Å². The Morgan fingerprint density at radius 3 is 2.67 bits per heavy atom. The van der Waals surface area contributed by atoms with Gasteiger partial charge in [0.2, 0.25) is 0 Å². The lowest BCUT2D eigenvalue weighted by atomic mass is 9.81. The highest BCUT2D eigenvalue weighted by Gasteiger charge is 2.28. The summed E-state index contributed by atoms with van der Waals surface area (Å²) in [5, 5.41) is 3.51. The van der Waals surface area contributed by atoms with E-state index in [1.165, 1.54) is 16.8 Å². The third-order valence-electron chi connectivity index (χ3n) is 3.81. The Bertz CT molecular complexity index is 354. The molecule has 0 fully saturated rings. The highest BCUT2D eigenvalue weighted by molar-refractivity contribution is 5.59. The van der Waals surface area contributed by atoms with E-state index in [-0.39, 0.29) is 0 Å². The number of aryl methyl sites for hydroxylation is 1. The van der Waals surface area contributed by atoms with E-state index in [9.17, 15) is 0 Å². The number of benzene rings is 1. The molecule has 1 heteroatoms. The van der Waals surface area contributed by atoms with Gasteiger partial charge in [-0.2, -0.15) is 0 Å². The fourth-order valence-electron chi connectivity index (χ4n) is 2.41. The average molecular weight is 203 g/mol. The summed E-state index contributed by atoms with van der Waals surface area (Å²) >= 11 is 0. The predicted molar refractivity (Wildman–Crippen MR) is 66.4 cm³/mol. The number of hydrogen-bond donors (Lipinski definition) is 1. The Balaban J connectivity index is 2.31. The van der Waals surface area contributed by atoms with Gasteiger partial charge in [0.25, 0.3) is 0 Å². The van der Waals surface area contributed by atoms with Crippen LogP contribution in [-0.4, -0.2) is 6.54 Å². The predicted octanol–water partition coefficient (Wildman–Crippen LogP) is 3.80. The molecule has 1 N–H and O–H groups in total. The molecule has 15 heavy (non-hydrogen) atoms. The van der Waals surface area contributed by atoms with E-state index in [0.29, 0.717) is 5.92 Å². The first-order valence-corrected chi connectivity index (χ1v) is 5.94. The van der Waals surface area contributed by atoms with Crippen LogP contribution in [0.15, 0.2) is 18.2 Å². The van der Waals surface area contributed by atoms with Gasteiger partial charge in [-0.3, -0.25) is 0 Å². The van der Waals surface area contributed by atoms with Crippen molar-refractivity contribution in [3.63, 3.8) is 0 Å². The molecule has 0 bridgehead atoms. The largest absolute Gasteiger partial charge is 0.384 e. The maximum Gasteiger partial charge on any atom is 0.0376 e. The summed E-state index contributed by atoms with van der Waals surface area (Å²) in [6.07, 6.45) is 0. The minimum absolute atomic E-state index is 0.694. The fraction of sp³-hybridized carbons (Fsp3) is 0.571. The molecule has 2 rings (SSSR count). The van der Waals surface area contributed by atoms with Crippen molar-refractivity contribution in [3.05, 3.63) is 29.3 Å². The first kappa shape index (κ1) is 10.5. The zero-order valence-electron chi connectivity index (χ0n) is 10.2. The Morgan fingerprint density at radius 1 is 1.27 bits per heavy atom. The van der Waals surface area contributed by atoms with Gasteiger partial charge in [-0.15, -0.1) is 0 Å². The van der Waals surface area contributed by atoms with Crippen molar-refractivity contribution >= 4 is 5.69 Å². The molecule has 2 unspecified atom stereocenters. The number of fused-ring (bicyclic) bond motifs is 1. The van der Waals surface area contributed by atoms with Crippen LogP contribution in [0.2, 0.25) is 0 Å². The minimum Gasteiger partial charge on any atom is -0.384 e. The van der Waals surface area contributed by atoms with Crippen LogP contribution in [0.3, 0.4) is 0 Å². The van der Waals surface area contributed by atoms with Crippen molar-refractivity contribution in [2.45, 2.75) is 33.6 Å². The molecule has 1 nitrogen and oxygen atoms in total. The summed E-state index contributed by atoms with van der Waals surface area (Å²) in [7, 11) is 0. The van der Waals surface area contributed by atoms with E-state index in [0.717, 1.165) is 18.4 Å². The van der Waals surface area contributed by atoms with Gasteiger partial charge in [0.1, 0.15) is 0 Å². The van der Waals surface area contributed by atoms with E-state index in [4.69, 9.17) is 0 Å². The van der Waals surface area contributed by atoms with E-state index >= 15 is 0 Å². The molecule has 1 aromatic carbocycles. The zero-order chi connectivity index (χ0) is 11.0. The molecule has 1 aliphatic heterocycles. The van der Waals surface area contributed by atoms with Crippen LogP contribution in [0.1, 0.15) is 37.8 Å². The maximum atomic E-state index is 3.51. The van der Waals surface area contributed by atoms with Gasteiger partial charge < -0.3 is 5.32 Å².